The molecule has 2 N–H and O–H groups in total. The van der Waals surface area contributed by atoms with Gasteiger partial charge in [-0.15, -0.1) is 0 Å². The lowest BCUT2D eigenvalue weighted by Crippen LogP contribution is -2.32. The van der Waals surface area contributed by atoms with Crippen molar-refractivity contribution in [1.82, 2.24) is 5.32 Å². The van der Waals surface area contributed by atoms with Crippen LogP contribution in [0.5, 0.6) is 0 Å². The number of amides is 1. The van der Waals surface area contributed by atoms with Gasteiger partial charge in [-0.2, -0.15) is 0 Å². The Morgan fingerprint density at radius 2 is 1.71 bits per heavy atom. The van der Waals surface area contributed by atoms with Crippen LogP contribution in [-0.2, 0) is 4.79 Å². The van der Waals surface area contributed by atoms with Crippen molar-refractivity contribution in [2.75, 3.05) is 5.32 Å². The Morgan fingerprint density at radius 1 is 0.912 bits per heavy atom. The minimum Gasteiger partial charge on any atom is -0.422 e. The number of nitrogens with one attached hydrogen (secondary N) is 2. The van der Waals surface area contributed by atoms with Crippen LogP contribution in [0.2, 0.25) is 15.1 Å². The number of carbonyl (C=O) groups is 1. The number of para-hydroxylation sites is 1. The average Bonchev–Trinajstić information content (AvgIpc) is 2.78. The van der Waals surface area contributed by atoms with E-state index in [0.29, 0.717) is 43.0 Å². The highest BCUT2D eigenvalue weighted by Gasteiger charge is 2.12. The van der Waals surface area contributed by atoms with E-state index in [9.17, 15) is 9.59 Å². The molecule has 1 aromatic heterocycles. The van der Waals surface area contributed by atoms with Gasteiger partial charge in [-0.3, -0.25) is 10.1 Å². The van der Waals surface area contributed by atoms with Crippen molar-refractivity contribution in [2.24, 2.45) is 0 Å². The molecule has 0 fully saturated rings. The van der Waals surface area contributed by atoms with Gasteiger partial charge in [0, 0.05) is 32.8 Å². The molecule has 0 aliphatic carbocycles. The van der Waals surface area contributed by atoms with Gasteiger partial charge < -0.3 is 9.73 Å². The van der Waals surface area contributed by atoms with Gasteiger partial charge in [-0.05, 0) is 60.3 Å². The summed E-state index contributed by atoms with van der Waals surface area (Å²) in [5.41, 5.74) is 2.05. The van der Waals surface area contributed by atoms with Crippen LogP contribution in [-0.4, -0.2) is 11.0 Å². The maximum atomic E-state index is 12.4. The van der Waals surface area contributed by atoms with E-state index in [1.807, 2.05) is 12.1 Å². The molecule has 170 valence electrons. The van der Waals surface area contributed by atoms with Crippen LogP contribution in [0.4, 0.5) is 5.69 Å². The summed E-state index contributed by atoms with van der Waals surface area (Å²) in [6.45, 7) is 0. The zero-order chi connectivity index (χ0) is 24.2. The quantitative estimate of drug-likeness (QED) is 0.170. The third-order valence-corrected chi connectivity index (χ3v) is 5.85. The van der Waals surface area contributed by atoms with Crippen LogP contribution in [0.3, 0.4) is 0 Å². The SMILES string of the molecule is O=C(/C=C/c1ccc(Cl)cc1Cl)NC(=S)Nc1ccc(-c2cc3ccccc3oc2=O)c(Cl)c1. The predicted molar refractivity (Wildman–Crippen MR) is 143 cm³/mol. The average molecular weight is 530 g/mol. The van der Waals surface area contributed by atoms with Gasteiger partial charge in [-0.1, -0.05) is 65.1 Å². The topological polar surface area (TPSA) is 71.3 Å². The summed E-state index contributed by atoms with van der Waals surface area (Å²) >= 11 is 23.6. The van der Waals surface area contributed by atoms with Crippen molar-refractivity contribution in [3.8, 4) is 11.1 Å². The lowest BCUT2D eigenvalue weighted by Gasteiger charge is -2.11. The third kappa shape index (κ3) is 5.66. The minimum absolute atomic E-state index is 0.0749. The molecular weight excluding hydrogens is 515 g/mol. The normalized spacial score (nSPS) is 11.0. The molecule has 0 bridgehead atoms. The van der Waals surface area contributed by atoms with Gasteiger partial charge in [0.2, 0.25) is 5.91 Å². The van der Waals surface area contributed by atoms with Crippen molar-refractivity contribution in [2.45, 2.75) is 0 Å². The first-order valence-corrected chi connectivity index (χ1v) is 11.4. The van der Waals surface area contributed by atoms with Crippen LogP contribution in [0.25, 0.3) is 28.2 Å². The second-order valence-corrected chi connectivity index (χ2v) is 8.78. The second-order valence-electron chi connectivity index (χ2n) is 7.12. The largest absolute Gasteiger partial charge is 0.422 e. The van der Waals surface area contributed by atoms with E-state index in [-0.39, 0.29) is 5.11 Å². The molecule has 0 radical (unpaired) electrons. The lowest BCUT2D eigenvalue weighted by atomic mass is 10.1. The molecular formula is C25H15Cl3N2O3S. The van der Waals surface area contributed by atoms with Crippen LogP contribution < -0.4 is 16.3 Å². The van der Waals surface area contributed by atoms with Crippen molar-refractivity contribution >= 4 is 80.8 Å². The molecule has 4 aromatic rings. The van der Waals surface area contributed by atoms with E-state index in [1.54, 1.807) is 60.7 Å². The molecule has 5 nitrogen and oxygen atoms in total. The highest BCUT2D eigenvalue weighted by atomic mass is 35.5. The molecule has 0 saturated carbocycles. The van der Waals surface area contributed by atoms with E-state index >= 15 is 0 Å². The first-order chi connectivity index (χ1) is 16.3. The molecule has 0 atom stereocenters. The Morgan fingerprint density at radius 3 is 2.47 bits per heavy atom. The molecule has 0 unspecified atom stereocenters. The van der Waals surface area contributed by atoms with Crippen molar-refractivity contribution in [3.63, 3.8) is 0 Å². The molecule has 3 aromatic carbocycles. The van der Waals surface area contributed by atoms with Gasteiger partial charge in [0.1, 0.15) is 5.58 Å². The summed E-state index contributed by atoms with van der Waals surface area (Å²) in [5.74, 6) is -0.444. The fourth-order valence-corrected chi connectivity index (χ4v) is 4.15. The fourth-order valence-electron chi connectivity index (χ4n) is 3.18. The Balaban J connectivity index is 1.45. The predicted octanol–water partition coefficient (Wildman–Crippen LogP) is 6.95. The number of hydrogen-bond donors (Lipinski definition) is 2. The molecule has 0 aliphatic heterocycles. The molecule has 0 aliphatic rings. The molecule has 0 spiro atoms. The maximum Gasteiger partial charge on any atom is 0.344 e. The Kier molecular flexibility index (Phi) is 7.34. The second kappa shape index (κ2) is 10.4. The van der Waals surface area contributed by atoms with Crippen LogP contribution >= 0.6 is 47.0 Å². The van der Waals surface area contributed by atoms with E-state index in [4.69, 9.17) is 51.4 Å². The van der Waals surface area contributed by atoms with E-state index in [0.717, 1.165) is 5.39 Å². The molecule has 34 heavy (non-hydrogen) atoms. The number of halogens is 3. The zero-order valence-electron chi connectivity index (χ0n) is 17.3. The highest BCUT2D eigenvalue weighted by Crippen LogP contribution is 2.30. The Bertz CT molecular complexity index is 1520. The maximum absolute atomic E-state index is 12.4. The zero-order valence-corrected chi connectivity index (χ0v) is 20.4. The van der Waals surface area contributed by atoms with Crippen molar-refractivity contribution < 1.29 is 9.21 Å². The van der Waals surface area contributed by atoms with Crippen LogP contribution in [0.1, 0.15) is 5.56 Å². The summed E-state index contributed by atoms with van der Waals surface area (Å²) in [7, 11) is 0. The van der Waals surface area contributed by atoms with Crippen LogP contribution in [0.15, 0.2) is 82.0 Å². The summed E-state index contributed by atoms with van der Waals surface area (Å²) in [6.07, 6.45) is 2.86. The molecule has 1 amide bonds. The first kappa shape index (κ1) is 24.0. The Hall–Kier alpha value is -3.16. The highest BCUT2D eigenvalue weighted by molar-refractivity contribution is 7.80. The first-order valence-electron chi connectivity index (χ1n) is 9.88. The number of carbonyl (C=O) groups excluding carboxylic acids is 1. The summed E-state index contributed by atoms with van der Waals surface area (Å²) < 4.78 is 5.39. The molecule has 4 rings (SSSR count). The monoisotopic (exact) mass is 528 g/mol. The van der Waals surface area contributed by atoms with Gasteiger partial charge >= 0.3 is 5.63 Å². The van der Waals surface area contributed by atoms with Crippen molar-refractivity contribution in [1.29, 1.82) is 0 Å². The number of thiocarbonyl (C=S) groups is 1. The standard InChI is InChI=1S/C25H15Cl3N2O3S/c26-16-7-5-14(20(27)12-16)6-10-23(31)30-25(34)29-17-8-9-18(21(28)13-17)19-11-15-3-1-2-4-22(15)33-24(19)32/h1-13H,(H2,29,30,31,34)/b10-6+. The smallest absolute Gasteiger partial charge is 0.344 e. The number of benzene rings is 3. The van der Waals surface area contributed by atoms with Crippen LogP contribution in [0, 0.1) is 0 Å². The Labute approximate surface area is 214 Å². The van der Waals surface area contributed by atoms with E-state index in [1.165, 1.54) is 6.08 Å². The van der Waals surface area contributed by atoms with Crippen molar-refractivity contribution in [3.05, 3.63) is 104 Å². The number of fused-ring (bicyclic) bond motifs is 1. The van der Waals surface area contributed by atoms with E-state index in [2.05, 4.69) is 10.6 Å². The number of anilines is 1. The minimum atomic E-state index is -0.489. The number of hydrogen-bond acceptors (Lipinski definition) is 4. The summed E-state index contributed by atoms with van der Waals surface area (Å²) in [4.78, 5) is 24.6. The van der Waals surface area contributed by atoms with Gasteiger partial charge in [0.05, 0.1) is 10.6 Å². The lowest BCUT2D eigenvalue weighted by molar-refractivity contribution is -0.115. The molecule has 9 heteroatoms. The molecule has 0 saturated heterocycles. The molecule has 1 heterocycles. The van der Waals surface area contributed by atoms with E-state index < -0.39 is 11.5 Å². The summed E-state index contributed by atoms with van der Waals surface area (Å²) in [6, 6.07) is 18.9. The van der Waals surface area contributed by atoms with Gasteiger partial charge in [0.25, 0.3) is 0 Å². The number of rotatable bonds is 4. The fraction of sp³-hybridized carbons (Fsp3) is 0. The van der Waals surface area contributed by atoms with Gasteiger partial charge in [0.15, 0.2) is 5.11 Å². The van der Waals surface area contributed by atoms with Gasteiger partial charge in [-0.25, -0.2) is 4.79 Å². The summed E-state index contributed by atoms with van der Waals surface area (Å²) in [5, 5.41) is 7.54. The third-order valence-electron chi connectivity index (χ3n) is 4.77.